The molecule has 0 bridgehead atoms. The fourth-order valence-corrected chi connectivity index (χ4v) is 2.65. The normalized spacial score (nSPS) is 12.6. The minimum atomic E-state index is 0.191. The molecule has 2 heterocycles. The highest BCUT2D eigenvalue weighted by atomic mass is 79.9. The molecule has 5 nitrogen and oxygen atoms in total. The Morgan fingerprint density at radius 1 is 1.37 bits per heavy atom. The molecule has 0 radical (unpaired) electrons. The highest BCUT2D eigenvalue weighted by molar-refractivity contribution is 9.10. The molecule has 0 fully saturated rings. The smallest absolute Gasteiger partial charge is 0.153 e. The van der Waals surface area contributed by atoms with Crippen molar-refractivity contribution in [3.63, 3.8) is 0 Å². The number of aromatic nitrogens is 4. The van der Waals surface area contributed by atoms with E-state index in [2.05, 4.69) is 43.5 Å². The summed E-state index contributed by atoms with van der Waals surface area (Å²) >= 11 is 3.48. The van der Waals surface area contributed by atoms with Crippen LogP contribution in [0.4, 0.5) is 0 Å². The molecule has 0 aliphatic carbocycles. The SMILES string of the molecule is CCCNC(Cc1ccncc1)c1c(Br)nnn1C. The molecule has 0 aliphatic rings. The van der Waals surface area contributed by atoms with Crippen molar-refractivity contribution in [2.45, 2.75) is 25.8 Å². The molecule has 102 valence electrons. The van der Waals surface area contributed by atoms with Gasteiger partial charge in [-0.05, 0) is 53.0 Å². The quantitative estimate of drug-likeness (QED) is 0.885. The van der Waals surface area contributed by atoms with E-state index in [1.165, 1.54) is 5.56 Å². The van der Waals surface area contributed by atoms with Crippen molar-refractivity contribution >= 4 is 15.9 Å². The largest absolute Gasteiger partial charge is 0.308 e. The van der Waals surface area contributed by atoms with Crippen molar-refractivity contribution in [3.05, 3.63) is 40.4 Å². The van der Waals surface area contributed by atoms with Crippen molar-refractivity contribution < 1.29 is 0 Å². The molecule has 6 heteroatoms. The third-order valence-electron chi connectivity index (χ3n) is 2.99. The average Bonchev–Trinajstić information content (AvgIpc) is 2.75. The van der Waals surface area contributed by atoms with Crippen LogP contribution in [-0.2, 0) is 13.5 Å². The number of nitrogens with one attached hydrogen (secondary N) is 1. The Morgan fingerprint density at radius 3 is 2.68 bits per heavy atom. The number of aryl methyl sites for hydroxylation is 1. The molecule has 1 N–H and O–H groups in total. The molecule has 2 rings (SSSR count). The Balaban J connectivity index is 2.21. The van der Waals surface area contributed by atoms with Crippen LogP contribution in [0.3, 0.4) is 0 Å². The molecule has 0 aliphatic heterocycles. The van der Waals surface area contributed by atoms with Crippen LogP contribution in [0.15, 0.2) is 29.1 Å². The number of pyridine rings is 1. The van der Waals surface area contributed by atoms with Gasteiger partial charge >= 0.3 is 0 Å². The minimum absolute atomic E-state index is 0.191. The van der Waals surface area contributed by atoms with E-state index in [1.54, 1.807) is 0 Å². The van der Waals surface area contributed by atoms with Gasteiger partial charge in [0.1, 0.15) is 0 Å². The van der Waals surface area contributed by atoms with Crippen LogP contribution in [0.5, 0.6) is 0 Å². The number of rotatable bonds is 6. The van der Waals surface area contributed by atoms with Crippen LogP contribution in [0, 0.1) is 0 Å². The zero-order chi connectivity index (χ0) is 13.7. The molecule has 1 unspecified atom stereocenters. The molecule has 0 spiro atoms. The standard InChI is InChI=1S/C13H18BrN5/c1-3-6-16-11(9-10-4-7-15-8-5-10)12-13(14)17-18-19(12)2/h4-5,7-8,11,16H,3,6,9H2,1-2H3. The molecule has 0 amide bonds. The number of halogens is 1. The lowest BCUT2D eigenvalue weighted by Crippen LogP contribution is -2.26. The predicted octanol–water partition coefficient (Wildman–Crippen LogP) is 2.26. The van der Waals surface area contributed by atoms with E-state index in [1.807, 2.05) is 36.3 Å². The summed E-state index contributed by atoms with van der Waals surface area (Å²) in [4.78, 5) is 4.05. The van der Waals surface area contributed by atoms with Crippen LogP contribution in [0.1, 0.15) is 30.6 Å². The zero-order valence-corrected chi connectivity index (χ0v) is 12.8. The summed E-state index contributed by atoms with van der Waals surface area (Å²) in [6, 6.07) is 4.27. The van der Waals surface area contributed by atoms with Crippen molar-refractivity contribution in [1.82, 2.24) is 25.3 Å². The topological polar surface area (TPSA) is 55.6 Å². The van der Waals surface area contributed by atoms with Crippen LogP contribution < -0.4 is 5.32 Å². The van der Waals surface area contributed by atoms with Gasteiger partial charge in [-0.3, -0.25) is 4.98 Å². The van der Waals surface area contributed by atoms with Gasteiger partial charge in [-0.2, -0.15) is 0 Å². The van der Waals surface area contributed by atoms with E-state index >= 15 is 0 Å². The van der Waals surface area contributed by atoms with Gasteiger partial charge in [0.2, 0.25) is 0 Å². The van der Waals surface area contributed by atoms with Gasteiger partial charge in [0.25, 0.3) is 0 Å². The van der Waals surface area contributed by atoms with Crippen molar-refractivity contribution in [3.8, 4) is 0 Å². The number of hydrogen-bond donors (Lipinski definition) is 1. The molecular formula is C13H18BrN5. The Kier molecular flexibility index (Phi) is 5.04. The van der Waals surface area contributed by atoms with Gasteiger partial charge < -0.3 is 5.32 Å². The first kappa shape index (κ1) is 14.1. The lowest BCUT2D eigenvalue weighted by Gasteiger charge is -2.18. The highest BCUT2D eigenvalue weighted by Gasteiger charge is 2.19. The lowest BCUT2D eigenvalue weighted by atomic mass is 10.0. The van der Waals surface area contributed by atoms with E-state index in [0.717, 1.165) is 29.7 Å². The maximum absolute atomic E-state index is 4.06. The second-order valence-electron chi connectivity index (χ2n) is 4.46. The first-order valence-corrected chi connectivity index (χ1v) is 7.19. The molecule has 19 heavy (non-hydrogen) atoms. The Morgan fingerprint density at radius 2 is 2.11 bits per heavy atom. The molecule has 1 atom stereocenters. The monoisotopic (exact) mass is 323 g/mol. The lowest BCUT2D eigenvalue weighted by molar-refractivity contribution is 0.490. The van der Waals surface area contributed by atoms with Gasteiger partial charge in [-0.1, -0.05) is 12.1 Å². The minimum Gasteiger partial charge on any atom is -0.308 e. The summed E-state index contributed by atoms with van der Waals surface area (Å²) < 4.78 is 2.62. The molecule has 2 aromatic heterocycles. The van der Waals surface area contributed by atoms with Crippen LogP contribution >= 0.6 is 15.9 Å². The molecule has 0 saturated carbocycles. The fourth-order valence-electron chi connectivity index (χ4n) is 2.05. The zero-order valence-electron chi connectivity index (χ0n) is 11.2. The summed E-state index contributed by atoms with van der Waals surface area (Å²) in [6.07, 6.45) is 5.63. The first-order chi connectivity index (χ1) is 9.22. The summed E-state index contributed by atoms with van der Waals surface area (Å²) in [5.41, 5.74) is 2.32. The fraction of sp³-hybridized carbons (Fsp3) is 0.462. The van der Waals surface area contributed by atoms with Crippen molar-refractivity contribution in [1.29, 1.82) is 0 Å². The first-order valence-electron chi connectivity index (χ1n) is 6.39. The Bertz CT molecular complexity index is 492. The highest BCUT2D eigenvalue weighted by Crippen LogP contribution is 2.23. The average molecular weight is 324 g/mol. The third kappa shape index (κ3) is 3.61. The van der Waals surface area contributed by atoms with Gasteiger partial charge in [0.15, 0.2) is 4.60 Å². The third-order valence-corrected chi connectivity index (χ3v) is 3.55. The van der Waals surface area contributed by atoms with Gasteiger partial charge in [0, 0.05) is 19.4 Å². The Labute approximate surface area is 121 Å². The second-order valence-corrected chi connectivity index (χ2v) is 5.21. The summed E-state index contributed by atoms with van der Waals surface area (Å²) in [7, 11) is 1.92. The number of nitrogens with zero attached hydrogens (tertiary/aromatic N) is 4. The van der Waals surface area contributed by atoms with E-state index < -0.39 is 0 Å². The van der Waals surface area contributed by atoms with Crippen LogP contribution in [-0.4, -0.2) is 26.5 Å². The molecule has 2 aromatic rings. The van der Waals surface area contributed by atoms with E-state index in [4.69, 9.17) is 0 Å². The maximum atomic E-state index is 4.06. The predicted molar refractivity (Wildman–Crippen MR) is 77.7 cm³/mol. The van der Waals surface area contributed by atoms with E-state index in [-0.39, 0.29) is 6.04 Å². The van der Waals surface area contributed by atoms with Gasteiger partial charge in [0.05, 0.1) is 11.7 Å². The van der Waals surface area contributed by atoms with E-state index in [0.29, 0.717) is 0 Å². The Hall–Kier alpha value is -1.27. The van der Waals surface area contributed by atoms with Gasteiger partial charge in [-0.15, -0.1) is 5.10 Å². The second kappa shape index (κ2) is 6.77. The van der Waals surface area contributed by atoms with Crippen LogP contribution in [0.25, 0.3) is 0 Å². The molecule has 0 saturated heterocycles. The summed E-state index contributed by atoms with van der Waals surface area (Å²) in [6.45, 7) is 3.13. The maximum Gasteiger partial charge on any atom is 0.153 e. The molecular weight excluding hydrogens is 306 g/mol. The van der Waals surface area contributed by atoms with Crippen molar-refractivity contribution in [2.75, 3.05) is 6.54 Å². The van der Waals surface area contributed by atoms with Crippen LogP contribution in [0.2, 0.25) is 0 Å². The summed E-state index contributed by atoms with van der Waals surface area (Å²) in [5, 5.41) is 11.7. The van der Waals surface area contributed by atoms with Crippen molar-refractivity contribution in [2.24, 2.45) is 7.05 Å². The molecule has 0 aromatic carbocycles. The summed E-state index contributed by atoms with van der Waals surface area (Å²) in [5.74, 6) is 0. The van der Waals surface area contributed by atoms with Gasteiger partial charge in [-0.25, -0.2) is 4.68 Å². The number of hydrogen-bond acceptors (Lipinski definition) is 4. The van der Waals surface area contributed by atoms with E-state index in [9.17, 15) is 0 Å².